The quantitative estimate of drug-likeness (QED) is 0.209. The van der Waals surface area contributed by atoms with Crippen molar-refractivity contribution in [1.29, 1.82) is 0 Å². The molecule has 0 atom stereocenters. The Kier molecular flexibility index (Phi) is 4.07. The molecule has 0 saturated carbocycles. The van der Waals surface area contributed by atoms with E-state index in [4.69, 9.17) is 0 Å². The fourth-order valence-corrected chi connectivity index (χ4v) is 7.71. The van der Waals surface area contributed by atoms with Crippen LogP contribution in [0.4, 0.5) is 11.4 Å². The molecule has 5 aromatic carbocycles. The first-order valence-electron chi connectivity index (χ1n) is 13.7. The van der Waals surface area contributed by atoms with Gasteiger partial charge >= 0.3 is 0 Å². The van der Waals surface area contributed by atoms with Gasteiger partial charge in [0.05, 0.1) is 0 Å². The lowest BCUT2D eigenvalue weighted by molar-refractivity contribution is 0.660. The Balaban J connectivity index is 1.47. The first-order valence-corrected chi connectivity index (χ1v) is 13.7. The van der Waals surface area contributed by atoms with E-state index in [9.17, 15) is 0 Å². The second-order valence-electron chi connectivity index (χ2n) is 12.2. The lowest BCUT2D eigenvalue weighted by atomic mass is 9.77. The maximum Gasteiger partial charge on any atom is 0.0491 e. The summed E-state index contributed by atoms with van der Waals surface area (Å²) in [5, 5.41) is 0. The molecule has 0 N–H and O–H groups in total. The Hall–Kier alpha value is -4.10. The number of anilines is 2. The predicted molar refractivity (Wildman–Crippen MR) is 161 cm³/mol. The van der Waals surface area contributed by atoms with Gasteiger partial charge in [-0.3, -0.25) is 0 Å². The highest BCUT2D eigenvalue weighted by Crippen LogP contribution is 2.59. The summed E-state index contributed by atoms with van der Waals surface area (Å²) in [6, 6.07) is 36.6. The number of nitrogens with zero attached hydrogens (tertiary/aromatic N) is 1. The van der Waals surface area contributed by atoms with Crippen molar-refractivity contribution in [2.45, 2.75) is 38.5 Å². The van der Waals surface area contributed by atoms with Crippen molar-refractivity contribution in [3.63, 3.8) is 0 Å². The van der Waals surface area contributed by atoms with Gasteiger partial charge in [-0.15, -0.1) is 0 Å². The molecule has 0 unspecified atom stereocenters. The van der Waals surface area contributed by atoms with Gasteiger partial charge in [-0.05, 0) is 73.8 Å². The topological polar surface area (TPSA) is 3.24 Å². The van der Waals surface area contributed by atoms with Crippen LogP contribution in [0.3, 0.4) is 0 Å². The van der Waals surface area contributed by atoms with E-state index >= 15 is 0 Å². The van der Waals surface area contributed by atoms with Gasteiger partial charge in [0, 0.05) is 40.4 Å². The summed E-state index contributed by atoms with van der Waals surface area (Å²) < 4.78 is 0. The highest BCUT2D eigenvalue weighted by atomic mass is 15.1. The maximum atomic E-state index is 2.48. The van der Waals surface area contributed by atoms with Crippen LogP contribution in [0.15, 0.2) is 97.1 Å². The predicted octanol–water partition coefficient (Wildman–Crippen LogP) is 9.71. The molecule has 1 heterocycles. The standard InChI is InChI=1S/C37H31N/c1-36(2)29-16-10-9-14-24(29)27-20-28-22-12-6-7-15-25(22)34-32(38(5)33(28)21-31(27)36)19-18-26-23-13-8-11-17-30(23)37(3,4)35(26)34/h6-21H,1-5H3. The highest BCUT2D eigenvalue weighted by Gasteiger charge is 2.41. The van der Waals surface area contributed by atoms with E-state index in [0.29, 0.717) is 0 Å². The second kappa shape index (κ2) is 7.05. The molecule has 0 saturated heterocycles. The monoisotopic (exact) mass is 489 g/mol. The van der Waals surface area contributed by atoms with Gasteiger partial charge in [0.2, 0.25) is 0 Å². The number of hydrogen-bond donors (Lipinski definition) is 0. The molecule has 0 fully saturated rings. The van der Waals surface area contributed by atoms with Gasteiger partial charge in [0.25, 0.3) is 0 Å². The molecule has 2 aliphatic carbocycles. The number of hydrogen-bond acceptors (Lipinski definition) is 1. The van der Waals surface area contributed by atoms with Crippen LogP contribution in [0, 0.1) is 0 Å². The molecule has 0 spiro atoms. The Morgan fingerprint density at radius 1 is 0.447 bits per heavy atom. The smallest absolute Gasteiger partial charge is 0.0491 e. The molecule has 1 nitrogen and oxygen atoms in total. The maximum absolute atomic E-state index is 2.48. The zero-order valence-electron chi connectivity index (χ0n) is 22.7. The minimum atomic E-state index is -0.0789. The Bertz CT molecular complexity index is 1830. The first-order chi connectivity index (χ1) is 18.3. The van der Waals surface area contributed by atoms with E-state index in [1.54, 1.807) is 0 Å². The molecule has 0 bridgehead atoms. The molecule has 184 valence electrons. The summed E-state index contributed by atoms with van der Waals surface area (Å²) in [7, 11) is 2.26. The average molecular weight is 490 g/mol. The van der Waals surface area contributed by atoms with E-state index in [1.165, 1.54) is 78.1 Å². The summed E-state index contributed by atoms with van der Waals surface area (Å²) in [4.78, 5) is 2.45. The van der Waals surface area contributed by atoms with Crippen molar-refractivity contribution in [3.05, 3.63) is 119 Å². The van der Waals surface area contributed by atoms with E-state index in [1.807, 2.05) is 0 Å². The molecular formula is C37H31N. The fraction of sp³-hybridized carbons (Fsp3) is 0.189. The lowest BCUT2D eigenvalue weighted by Crippen LogP contribution is -2.19. The minimum Gasteiger partial charge on any atom is -0.344 e. The van der Waals surface area contributed by atoms with E-state index in [-0.39, 0.29) is 10.8 Å². The van der Waals surface area contributed by atoms with E-state index in [0.717, 1.165) is 0 Å². The Labute approximate surface area is 225 Å². The normalized spacial score (nSPS) is 16.4. The molecule has 5 aromatic rings. The van der Waals surface area contributed by atoms with Crippen LogP contribution in [-0.4, -0.2) is 7.05 Å². The third-order valence-corrected chi connectivity index (χ3v) is 9.61. The molecular weight excluding hydrogens is 458 g/mol. The number of rotatable bonds is 0. The van der Waals surface area contributed by atoms with Crippen molar-refractivity contribution >= 4 is 11.4 Å². The van der Waals surface area contributed by atoms with E-state index in [2.05, 4.69) is 137 Å². The minimum absolute atomic E-state index is 0.0297. The summed E-state index contributed by atoms with van der Waals surface area (Å²) in [6.07, 6.45) is 0. The largest absolute Gasteiger partial charge is 0.344 e. The van der Waals surface area contributed by atoms with Gasteiger partial charge in [0.1, 0.15) is 0 Å². The third kappa shape index (κ3) is 2.52. The zero-order chi connectivity index (χ0) is 26.0. The van der Waals surface area contributed by atoms with E-state index < -0.39 is 0 Å². The van der Waals surface area contributed by atoms with Gasteiger partial charge in [-0.1, -0.05) is 107 Å². The Morgan fingerprint density at radius 3 is 1.74 bits per heavy atom. The van der Waals surface area contributed by atoms with Crippen molar-refractivity contribution < 1.29 is 0 Å². The Morgan fingerprint density at radius 2 is 1.03 bits per heavy atom. The molecule has 3 aliphatic rings. The van der Waals surface area contributed by atoms with Crippen molar-refractivity contribution in [2.24, 2.45) is 0 Å². The van der Waals surface area contributed by atoms with Gasteiger partial charge in [0.15, 0.2) is 0 Å². The van der Waals surface area contributed by atoms with Crippen molar-refractivity contribution in [1.82, 2.24) is 0 Å². The van der Waals surface area contributed by atoms with Crippen molar-refractivity contribution in [2.75, 3.05) is 11.9 Å². The SMILES string of the molecule is CN1c2cc3c(cc2-c2ccccc2-c2c1ccc1c2C(C)(C)c2ccccc2-1)-c1ccccc1C3(C)C. The molecule has 0 amide bonds. The summed E-state index contributed by atoms with van der Waals surface area (Å²) in [5.41, 5.74) is 19.0. The van der Waals surface area contributed by atoms with Gasteiger partial charge < -0.3 is 4.90 Å². The van der Waals surface area contributed by atoms with Gasteiger partial charge in [-0.25, -0.2) is 0 Å². The average Bonchev–Trinajstić information content (AvgIpc) is 3.26. The van der Waals surface area contributed by atoms with Crippen LogP contribution in [0.1, 0.15) is 49.9 Å². The van der Waals surface area contributed by atoms with Crippen molar-refractivity contribution in [3.8, 4) is 44.5 Å². The van der Waals surface area contributed by atoms with Crippen LogP contribution < -0.4 is 4.90 Å². The number of fused-ring (bicyclic) bond motifs is 12. The fourth-order valence-electron chi connectivity index (χ4n) is 7.71. The molecule has 0 radical (unpaired) electrons. The lowest BCUT2D eigenvalue weighted by Gasteiger charge is -2.29. The molecule has 38 heavy (non-hydrogen) atoms. The molecule has 0 aromatic heterocycles. The molecule has 1 aliphatic heterocycles. The highest BCUT2D eigenvalue weighted by molar-refractivity contribution is 6.05. The third-order valence-electron chi connectivity index (χ3n) is 9.61. The van der Waals surface area contributed by atoms with Crippen LogP contribution in [0.2, 0.25) is 0 Å². The van der Waals surface area contributed by atoms with Gasteiger partial charge in [-0.2, -0.15) is 0 Å². The van der Waals surface area contributed by atoms with Crippen LogP contribution in [-0.2, 0) is 10.8 Å². The number of benzene rings is 5. The molecule has 8 rings (SSSR count). The summed E-state index contributed by atoms with van der Waals surface area (Å²) in [6.45, 7) is 9.53. The van der Waals surface area contributed by atoms with Crippen LogP contribution in [0.25, 0.3) is 44.5 Å². The molecule has 1 heteroatoms. The second-order valence-corrected chi connectivity index (χ2v) is 12.2. The summed E-state index contributed by atoms with van der Waals surface area (Å²) >= 11 is 0. The van der Waals surface area contributed by atoms with Crippen LogP contribution in [0.5, 0.6) is 0 Å². The van der Waals surface area contributed by atoms with Crippen LogP contribution >= 0.6 is 0 Å². The summed E-state index contributed by atoms with van der Waals surface area (Å²) in [5.74, 6) is 0. The zero-order valence-corrected chi connectivity index (χ0v) is 22.7. The first kappa shape index (κ1) is 21.9.